The van der Waals surface area contributed by atoms with Gasteiger partial charge in [-0.05, 0) is 25.5 Å². The molecule has 1 aromatic heterocycles. The molecule has 0 saturated carbocycles. The predicted molar refractivity (Wildman–Crippen MR) is 81.3 cm³/mol. The molecule has 0 radical (unpaired) electrons. The highest BCUT2D eigenvalue weighted by Crippen LogP contribution is 2.35. The standard InChI is InChI=1S/C13H17ClN4S/c1-3-9-7-18(8(2)6-15-9)13-10(14)4-5-11-12(13)17-19-16-11/h4-5,8-9,15H,3,6-7H2,1-2H3. The van der Waals surface area contributed by atoms with Crippen LogP contribution < -0.4 is 10.2 Å². The Morgan fingerprint density at radius 2 is 2.32 bits per heavy atom. The number of hydrogen-bond acceptors (Lipinski definition) is 5. The summed E-state index contributed by atoms with van der Waals surface area (Å²) in [5, 5.41) is 4.33. The van der Waals surface area contributed by atoms with Crippen molar-refractivity contribution in [3.63, 3.8) is 0 Å². The fraction of sp³-hybridized carbons (Fsp3) is 0.538. The summed E-state index contributed by atoms with van der Waals surface area (Å²) in [5.74, 6) is 0. The van der Waals surface area contributed by atoms with E-state index in [9.17, 15) is 0 Å². The molecule has 19 heavy (non-hydrogen) atoms. The molecule has 1 aliphatic rings. The monoisotopic (exact) mass is 296 g/mol. The molecule has 2 heterocycles. The molecule has 0 amide bonds. The van der Waals surface area contributed by atoms with Gasteiger partial charge in [-0.2, -0.15) is 8.75 Å². The van der Waals surface area contributed by atoms with Crippen molar-refractivity contribution in [2.45, 2.75) is 32.4 Å². The summed E-state index contributed by atoms with van der Waals surface area (Å²) in [4.78, 5) is 2.37. The lowest BCUT2D eigenvalue weighted by Crippen LogP contribution is -2.55. The van der Waals surface area contributed by atoms with Gasteiger partial charge in [0.2, 0.25) is 0 Å². The maximum atomic E-state index is 6.42. The minimum Gasteiger partial charge on any atom is -0.363 e. The minimum absolute atomic E-state index is 0.410. The van der Waals surface area contributed by atoms with Crippen molar-refractivity contribution in [2.75, 3.05) is 18.0 Å². The lowest BCUT2D eigenvalue weighted by Gasteiger charge is -2.40. The summed E-state index contributed by atoms with van der Waals surface area (Å²) >= 11 is 7.67. The van der Waals surface area contributed by atoms with E-state index < -0.39 is 0 Å². The summed E-state index contributed by atoms with van der Waals surface area (Å²) in [6.07, 6.45) is 1.12. The van der Waals surface area contributed by atoms with Gasteiger partial charge in [0.15, 0.2) is 0 Å². The fourth-order valence-corrected chi connectivity index (χ4v) is 3.40. The number of hydrogen-bond donors (Lipinski definition) is 1. The molecule has 6 heteroatoms. The molecule has 1 aliphatic heterocycles. The van der Waals surface area contributed by atoms with Gasteiger partial charge in [-0.3, -0.25) is 0 Å². The van der Waals surface area contributed by atoms with Gasteiger partial charge < -0.3 is 10.2 Å². The van der Waals surface area contributed by atoms with E-state index in [2.05, 4.69) is 32.8 Å². The Balaban J connectivity index is 2.06. The van der Waals surface area contributed by atoms with Crippen molar-refractivity contribution in [3.8, 4) is 0 Å². The number of nitrogens with one attached hydrogen (secondary N) is 1. The van der Waals surface area contributed by atoms with Crippen molar-refractivity contribution in [2.24, 2.45) is 0 Å². The van der Waals surface area contributed by atoms with E-state index in [-0.39, 0.29) is 0 Å². The number of aromatic nitrogens is 2. The molecule has 102 valence electrons. The van der Waals surface area contributed by atoms with E-state index >= 15 is 0 Å². The van der Waals surface area contributed by atoms with Crippen molar-refractivity contribution < 1.29 is 0 Å². The number of anilines is 1. The normalized spacial score (nSPS) is 24.1. The topological polar surface area (TPSA) is 41.1 Å². The molecule has 1 fully saturated rings. The second kappa shape index (κ2) is 5.23. The molecule has 2 atom stereocenters. The summed E-state index contributed by atoms with van der Waals surface area (Å²) in [5.41, 5.74) is 2.91. The molecular weight excluding hydrogens is 280 g/mol. The van der Waals surface area contributed by atoms with Gasteiger partial charge in [-0.1, -0.05) is 18.5 Å². The third-order valence-electron chi connectivity index (χ3n) is 3.78. The minimum atomic E-state index is 0.410. The van der Waals surface area contributed by atoms with Crippen LogP contribution in [0.4, 0.5) is 5.69 Å². The van der Waals surface area contributed by atoms with Crippen LogP contribution in [0, 0.1) is 0 Å². The van der Waals surface area contributed by atoms with Crippen LogP contribution in [0.1, 0.15) is 20.3 Å². The molecule has 4 nitrogen and oxygen atoms in total. The van der Waals surface area contributed by atoms with Gasteiger partial charge in [0.25, 0.3) is 0 Å². The highest BCUT2D eigenvalue weighted by Gasteiger charge is 2.27. The second-order valence-corrected chi connectivity index (χ2v) is 5.98. The van der Waals surface area contributed by atoms with Crippen molar-refractivity contribution in [1.82, 2.24) is 14.1 Å². The fourth-order valence-electron chi connectivity index (χ4n) is 2.60. The lowest BCUT2D eigenvalue weighted by molar-refractivity contribution is 0.398. The zero-order chi connectivity index (χ0) is 13.4. The smallest absolute Gasteiger partial charge is 0.129 e. The zero-order valence-corrected chi connectivity index (χ0v) is 12.6. The molecular formula is C13H17ClN4S. The van der Waals surface area contributed by atoms with Crippen molar-refractivity contribution >= 4 is 40.0 Å². The number of fused-ring (bicyclic) bond motifs is 1. The zero-order valence-electron chi connectivity index (χ0n) is 11.1. The van der Waals surface area contributed by atoms with E-state index in [0.29, 0.717) is 12.1 Å². The Hall–Kier alpha value is -0.910. The first-order chi connectivity index (χ1) is 9.20. The second-order valence-electron chi connectivity index (χ2n) is 5.04. The number of halogens is 1. The molecule has 0 aliphatic carbocycles. The average molecular weight is 297 g/mol. The Morgan fingerprint density at radius 3 is 3.11 bits per heavy atom. The molecule has 2 aromatic rings. The highest BCUT2D eigenvalue weighted by atomic mass is 35.5. The Bertz CT molecular complexity index is 585. The molecule has 0 bridgehead atoms. The maximum absolute atomic E-state index is 6.42. The maximum Gasteiger partial charge on any atom is 0.129 e. The molecule has 1 N–H and O–H groups in total. The Labute approximate surface area is 122 Å². The van der Waals surface area contributed by atoms with Crippen LogP contribution in [-0.2, 0) is 0 Å². The van der Waals surface area contributed by atoms with E-state index in [0.717, 1.165) is 41.3 Å². The Kier molecular flexibility index (Phi) is 3.60. The molecule has 3 rings (SSSR count). The molecule has 2 unspecified atom stereocenters. The summed E-state index contributed by atoms with van der Waals surface area (Å²) in [7, 11) is 0. The van der Waals surface area contributed by atoms with Crippen molar-refractivity contribution in [1.29, 1.82) is 0 Å². The SMILES string of the molecule is CCC1CN(c2c(Cl)ccc3nsnc23)C(C)CN1. The molecule has 1 saturated heterocycles. The molecule has 0 spiro atoms. The summed E-state index contributed by atoms with van der Waals surface area (Å²) < 4.78 is 8.73. The Morgan fingerprint density at radius 1 is 1.47 bits per heavy atom. The average Bonchev–Trinajstić information content (AvgIpc) is 2.88. The third kappa shape index (κ3) is 2.30. The predicted octanol–water partition coefficient (Wildman–Crippen LogP) is 2.92. The van der Waals surface area contributed by atoms with Crippen LogP contribution in [0.5, 0.6) is 0 Å². The van der Waals surface area contributed by atoms with Crippen LogP contribution in [0.3, 0.4) is 0 Å². The number of piperazine rings is 1. The lowest BCUT2D eigenvalue weighted by atomic mass is 10.1. The van der Waals surface area contributed by atoms with Crippen LogP contribution in [0.25, 0.3) is 11.0 Å². The van der Waals surface area contributed by atoms with Gasteiger partial charge in [-0.25, -0.2) is 0 Å². The van der Waals surface area contributed by atoms with Crippen LogP contribution >= 0.6 is 23.3 Å². The van der Waals surface area contributed by atoms with Gasteiger partial charge in [-0.15, -0.1) is 0 Å². The number of benzene rings is 1. The van der Waals surface area contributed by atoms with E-state index in [1.54, 1.807) is 0 Å². The summed E-state index contributed by atoms with van der Waals surface area (Å²) in [6.45, 7) is 6.36. The summed E-state index contributed by atoms with van der Waals surface area (Å²) in [6, 6.07) is 4.78. The first-order valence-corrected chi connectivity index (χ1v) is 7.72. The van der Waals surface area contributed by atoms with Crippen LogP contribution in [0.2, 0.25) is 5.02 Å². The van der Waals surface area contributed by atoms with E-state index in [1.807, 2.05) is 12.1 Å². The van der Waals surface area contributed by atoms with E-state index in [4.69, 9.17) is 11.6 Å². The van der Waals surface area contributed by atoms with Crippen LogP contribution in [0.15, 0.2) is 12.1 Å². The quantitative estimate of drug-likeness (QED) is 0.925. The van der Waals surface area contributed by atoms with Gasteiger partial charge >= 0.3 is 0 Å². The van der Waals surface area contributed by atoms with Crippen molar-refractivity contribution in [3.05, 3.63) is 17.2 Å². The van der Waals surface area contributed by atoms with E-state index in [1.165, 1.54) is 11.7 Å². The van der Waals surface area contributed by atoms with Crippen LogP contribution in [-0.4, -0.2) is 33.9 Å². The third-order valence-corrected chi connectivity index (χ3v) is 4.63. The largest absolute Gasteiger partial charge is 0.363 e. The van der Waals surface area contributed by atoms with Gasteiger partial charge in [0.05, 0.1) is 22.4 Å². The number of rotatable bonds is 2. The first kappa shape index (κ1) is 13.1. The van der Waals surface area contributed by atoms with Gasteiger partial charge in [0, 0.05) is 25.2 Å². The molecule has 1 aromatic carbocycles. The first-order valence-electron chi connectivity index (χ1n) is 6.61. The number of nitrogens with zero attached hydrogens (tertiary/aromatic N) is 3. The van der Waals surface area contributed by atoms with Gasteiger partial charge in [0.1, 0.15) is 11.0 Å². The highest BCUT2D eigenvalue weighted by molar-refractivity contribution is 7.00.